The van der Waals surface area contributed by atoms with Crippen molar-refractivity contribution in [3.63, 3.8) is 0 Å². The summed E-state index contributed by atoms with van der Waals surface area (Å²) < 4.78 is 0. The van der Waals surface area contributed by atoms with Crippen LogP contribution in [-0.2, 0) is 22.4 Å². The van der Waals surface area contributed by atoms with Crippen molar-refractivity contribution in [3.8, 4) is 0 Å². The predicted octanol–water partition coefficient (Wildman–Crippen LogP) is 1.89. The summed E-state index contributed by atoms with van der Waals surface area (Å²) in [5.74, 6) is -1.24. The van der Waals surface area contributed by atoms with Crippen molar-refractivity contribution >= 4 is 29.2 Å². The number of hydrogen-bond acceptors (Lipinski definition) is 6. The molecule has 0 radical (unpaired) electrons. The van der Waals surface area contributed by atoms with Crippen LogP contribution in [0.3, 0.4) is 0 Å². The van der Waals surface area contributed by atoms with Crippen molar-refractivity contribution in [2.24, 2.45) is 5.41 Å². The third kappa shape index (κ3) is 3.18. The summed E-state index contributed by atoms with van der Waals surface area (Å²) in [6.45, 7) is 0.215. The summed E-state index contributed by atoms with van der Waals surface area (Å²) >= 11 is 0. The molecule has 1 saturated heterocycles. The van der Waals surface area contributed by atoms with E-state index in [1.807, 2.05) is 30.3 Å². The van der Waals surface area contributed by atoms with Gasteiger partial charge in [0.1, 0.15) is 5.41 Å². The minimum absolute atomic E-state index is 0.00582. The van der Waals surface area contributed by atoms with Gasteiger partial charge < -0.3 is 4.90 Å². The fourth-order valence-corrected chi connectivity index (χ4v) is 4.19. The molecule has 1 atom stereocenters. The SMILES string of the molecule is CN1C[C@]2(Cc3cc([N+](=O)[O-])ccc31)C(=O)NC(=O)N(CCc1ccccc1)C2=O. The first-order valence-corrected chi connectivity index (χ1v) is 9.51. The number of nitro benzene ring substituents is 1. The van der Waals surface area contributed by atoms with Crippen LogP contribution >= 0.6 is 0 Å². The first kappa shape index (κ1) is 19.6. The quantitative estimate of drug-likeness (QED) is 0.470. The zero-order valence-corrected chi connectivity index (χ0v) is 16.3. The monoisotopic (exact) mass is 408 g/mol. The minimum atomic E-state index is -1.51. The van der Waals surface area contributed by atoms with E-state index < -0.39 is 28.2 Å². The van der Waals surface area contributed by atoms with E-state index in [1.165, 1.54) is 12.1 Å². The van der Waals surface area contributed by atoms with E-state index in [0.717, 1.165) is 16.2 Å². The fraction of sp³-hybridized carbons (Fsp3) is 0.286. The van der Waals surface area contributed by atoms with Gasteiger partial charge in [-0.3, -0.25) is 29.9 Å². The van der Waals surface area contributed by atoms with Crippen LogP contribution in [0.5, 0.6) is 0 Å². The average molecular weight is 408 g/mol. The summed E-state index contributed by atoms with van der Waals surface area (Å²) in [6, 6.07) is 13.1. The molecule has 154 valence electrons. The molecular weight excluding hydrogens is 388 g/mol. The number of fused-ring (bicyclic) bond motifs is 1. The van der Waals surface area contributed by atoms with E-state index in [9.17, 15) is 24.5 Å². The van der Waals surface area contributed by atoms with Gasteiger partial charge in [0.05, 0.1) is 4.92 Å². The lowest BCUT2D eigenvalue weighted by Gasteiger charge is -2.45. The second-order valence-electron chi connectivity index (χ2n) is 7.64. The Morgan fingerprint density at radius 1 is 1.13 bits per heavy atom. The van der Waals surface area contributed by atoms with Crippen LogP contribution in [0.2, 0.25) is 0 Å². The highest BCUT2D eigenvalue weighted by Crippen LogP contribution is 2.40. The molecule has 30 heavy (non-hydrogen) atoms. The van der Waals surface area contributed by atoms with E-state index >= 15 is 0 Å². The summed E-state index contributed by atoms with van der Waals surface area (Å²) in [6.07, 6.45) is 0.455. The van der Waals surface area contributed by atoms with Crippen LogP contribution in [0.4, 0.5) is 16.2 Å². The number of urea groups is 1. The number of hydrogen-bond donors (Lipinski definition) is 1. The lowest BCUT2D eigenvalue weighted by Crippen LogP contribution is -2.68. The maximum Gasteiger partial charge on any atom is 0.330 e. The lowest BCUT2D eigenvalue weighted by atomic mass is 9.74. The Bertz CT molecular complexity index is 1050. The van der Waals surface area contributed by atoms with Crippen molar-refractivity contribution in [3.05, 3.63) is 69.8 Å². The third-order valence-corrected chi connectivity index (χ3v) is 5.71. The molecule has 2 aromatic carbocycles. The molecule has 0 aliphatic carbocycles. The van der Waals surface area contributed by atoms with Crippen molar-refractivity contribution in [1.29, 1.82) is 0 Å². The fourth-order valence-electron chi connectivity index (χ4n) is 4.19. The molecule has 2 aromatic rings. The smallest absolute Gasteiger partial charge is 0.330 e. The number of rotatable bonds is 4. The molecule has 9 nitrogen and oxygen atoms in total. The number of barbiturate groups is 1. The van der Waals surface area contributed by atoms with Gasteiger partial charge >= 0.3 is 6.03 Å². The Morgan fingerprint density at radius 3 is 2.57 bits per heavy atom. The number of nitrogens with zero attached hydrogens (tertiary/aromatic N) is 3. The van der Waals surface area contributed by atoms with Gasteiger partial charge in [0.15, 0.2) is 0 Å². The van der Waals surface area contributed by atoms with Crippen molar-refractivity contribution in [1.82, 2.24) is 10.2 Å². The molecule has 1 spiro atoms. The van der Waals surface area contributed by atoms with E-state index in [4.69, 9.17) is 0 Å². The van der Waals surface area contributed by atoms with Gasteiger partial charge in [-0.1, -0.05) is 30.3 Å². The van der Waals surface area contributed by atoms with Crippen molar-refractivity contribution in [2.45, 2.75) is 12.8 Å². The Labute approximate surface area is 172 Å². The maximum atomic E-state index is 13.4. The van der Waals surface area contributed by atoms with Gasteiger partial charge in [-0.25, -0.2) is 4.79 Å². The molecule has 0 unspecified atom stereocenters. The molecule has 0 aromatic heterocycles. The van der Waals surface area contributed by atoms with Crippen LogP contribution in [0, 0.1) is 15.5 Å². The molecule has 9 heteroatoms. The zero-order chi connectivity index (χ0) is 21.5. The molecule has 0 saturated carbocycles. The normalized spacial score (nSPS) is 20.9. The molecule has 1 fully saturated rings. The second-order valence-corrected chi connectivity index (χ2v) is 7.64. The van der Waals surface area contributed by atoms with E-state index in [0.29, 0.717) is 12.0 Å². The van der Waals surface area contributed by atoms with Crippen LogP contribution in [0.15, 0.2) is 48.5 Å². The Morgan fingerprint density at radius 2 is 1.87 bits per heavy atom. The minimum Gasteiger partial charge on any atom is -0.373 e. The molecule has 4 rings (SSSR count). The van der Waals surface area contributed by atoms with Crippen molar-refractivity contribution in [2.75, 3.05) is 25.0 Å². The third-order valence-electron chi connectivity index (χ3n) is 5.71. The number of nitrogens with one attached hydrogen (secondary N) is 1. The van der Waals surface area contributed by atoms with E-state index in [-0.39, 0.29) is 25.2 Å². The van der Waals surface area contributed by atoms with Gasteiger partial charge in [-0.15, -0.1) is 0 Å². The first-order valence-electron chi connectivity index (χ1n) is 9.51. The number of carbonyl (C=O) groups is 3. The average Bonchev–Trinajstić information content (AvgIpc) is 2.72. The second kappa shape index (κ2) is 7.25. The molecule has 2 aliphatic rings. The van der Waals surface area contributed by atoms with Gasteiger partial charge in [0.2, 0.25) is 11.8 Å². The number of nitro groups is 1. The van der Waals surface area contributed by atoms with Gasteiger partial charge in [0, 0.05) is 38.0 Å². The number of imide groups is 2. The molecular formula is C21H20N4O5. The summed E-state index contributed by atoms with van der Waals surface area (Å²) in [5.41, 5.74) is 0.589. The molecule has 2 aliphatic heterocycles. The standard InChI is InChI=1S/C21H20N4O5/c1-23-13-21(12-15-11-16(25(29)30)7-8-17(15)23)18(26)22-20(28)24(19(21)27)10-9-14-5-3-2-4-6-14/h2-8,11H,9-10,12-13H2,1H3,(H,22,26,28)/t21-/m1/s1. The maximum absolute atomic E-state index is 13.4. The predicted molar refractivity (Wildman–Crippen MR) is 108 cm³/mol. The van der Waals surface area contributed by atoms with E-state index in [1.54, 1.807) is 18.0 Å². The number of benzene rings is 2. The topological polar surface area (TPSA) is 113 Å². The number of non-ortho nitro benzene ring substituents is 1. The van der Waals surface area contributed by atoms with Gasteiger partial charge in [0.25, 0.3) is 5.69 Å². The van der Waals surface area contributed by atoms with Gasteiger partial charge in [-0.05, 0) is 30.0 Å². The van der Waals surface area contributed by atoms with Crippen LogP contribution in [0.1, 0.15) is 11.1 Å². The van der Waals surface area contributed by atoms with E-state index in [2.05, 4.69) is 5.32 Å². The first-order chi connectivity index (χ1) is 14.3. The zero-order valence-electron chi connectivity index (χ0n) is 16.3. The van der Waals surface area contributed by atoms with Gasteiger partial charge in [-0.2, -0.15) is 0 Å². The summed E-state index contributed by atoms with van der Waals surface area (Å²) in [5, 5.41) is 13.5. The molecule has 1 N–H and O–H groups in total. The van der Waals surface area contributed by atoms with Crippen LogP contribution in [-0.4, -0.2) is 47.8 Å². The van der Waals surface area contributed by atoms with Crippen LogP contribution < -0.4 is 10.2 Å². The van der Waals surface area contributed by atoms with Crippen molar-refractivity contribution < 1.29 is 19.3 Å². The molecule has 2 heterocycles. The highest BCUT2D eigenvalue weighted by molar-refractivity contribution is 6.20. The number of amides is 4. The Hall–Kier alpha value is -3.75. The Kier molecular flexibility index (Phi) is 4.73. The molecule has 0 bridgehead atoms. The number of carbonyl (C=O) groups excluding carboxylic acids is 3. The highest BCUT2D eigenvalue weighted by Gasteiger charge is 2.56. The largest absolute Gasteiger partial charge is 0.373 e. The van der Waals surface area contributed by atoms with Crippen LogP contribution in [0.25, 0.3) is 0 Å². The summed E-state index contributed by atoms with van der Waals surface area (Å²) in [4.78, 5) is 52.1. The summed E-state index contributed by atoms with van der Waals surface area (Å²) in [7, 11) is 1.72. The number of anilines is 1. The lowest BCUT2D eigenvalue weighted by molar-refractivity contribution is -0.384. The highest BCUT2D eigenvalue weighted by atomic mass is 16.6. The Balaban J connectivity index is 1.65. The molecule has 4 amide bonds.